The summed E-state index contributed by atoms with van der Waals surface area (Å²) < 4.78 is 4.89. The Hall–Kier alpha value is -1.52. The van der Waals surface area contributed by atoms with Gasteiger partial charge in [-0.25, -0.2) is 4.79 Å². The van der Waals surface area contributed by atoms with Crippen molar-refractivity contribution in [3.63, 3.8) is 0 Å². The van der Waals surface area contributed by atoms with Crippen molar-refractivity contribution < 1.29 is 9.53 Å². The van der Waals surface area contributed by atoms with E-state index in [2.05, 4.69) is 15.5 Å². The maximum absolute atomic E-state index is 11.1. The minimum atomic E-state index is -0.478. The zero-order valence-corrected chi connectivity index (χ0v) is 8.63. The number of carbonyl (C=O) groups excluding carboxylic acids is 1. The number of aromatic nitrogens is 2. The SMILES string of the molecule is CCc1cc(NC(=O)OC(C)C)n[nH]1. The van der Waals surface area contributed by atoms with Gasteiger partial charge in [-0.05, 0) is 20.3 Å². The number of nitrogens with one attached hydrogen (secondary N) is 2. The predicted molar refractivity (Wildman–Crippen MR) is 53.2 cm³/mol. The highest BCUT2D eigenvalue weighted by Gasteiger charge is 2.07. The molecule has 0 radical (unpaired) electrons. The standard InChI is InChI=1S/C9H15N3O2/c1-4-7-5-8(12-11-7)10-9(13)14-6(2)3/h5-6H,4H2,1-3H3,(H2,10,11,12,13). The van der Waals surface area contributed by atoms with Gasteiger partial charge in [0.15, 0.2) is 5.82 Å². The monoisotopic (exact) mass is 197 g/mol. The number of nitrogens with zero attached hydrogens (tertiary/aromatic N) is 1. The molecule has 78 valence electrons. The molecule has 0 aromatic carbocycles. The van der Waals surface area contributed by atoms with Crippen molar-refractivity contribution in [2.24, 2.45) is 0 Å². The number of ether oxygens (including phenoxy) is 1. The van der Waals surface area contributed by atoms with E-state index >= 15 is 0 Å². The Morgan fingerprint density at radius 1 is 1.71 bits per heavy atom. The number of aryl methyl sites for hydroxylation is 1. The number of aromatic amines is 1. The quantitative estimate of drug-likeness (QED) is 0.778. The lowest BCUT2D eigenvalue weighted by atomic mass is 10.3. The normalized spacial score (nSPS) is 10.3. The van der Waals surface area contributed by atoms with Crippen LogP contribution in [0.2, 0.25) is 0 Å². The summed E-state index contributed by atoms with van der Waals surface area (Å²) in [4.78, 5) is 11.1. The van der Waals surface area contributed by atoms with Gasteiger partial charge in [0, 0.05) is 11.8 Å². The molecule has 0 aliphatic heterocycles. The number of hydrogen-bond donors (Lipinski definition) is 2. The summed E-state index contributed by atoms with van der Waals surface area (Å²) in [6, 6.07) is 1.78. The summed E-state index contributed by atoms with van der Waals surface area (Å²) in [5.41, 5.74) is 0.977. The number of hydrogen-bond acceptors (Lipinski definition) is 3. The molecule has 1 aromatic rings. The van der Waals surface area contributed by atoms with Crippen LogP contribution in [0.1, 0.15) is 26.5 Å². The Morgan fingerprint density at radius 2 is 2.43 bits per heavy atom. The van der Waals surface area contributed by atoms with Crippen LogP contribution in [0, 0.1) is 0 Å². The van der Waals surface area contributed by atoms with Gasteiger partial charge in [0.2, 0.25) is 0 Å². The van der Waals surface area contributed by atoms with Crippen LogP contribution >= 0.6 is 0 Å². The van der Waals surface area contributed by atoms with Crippen LogP contribution in [-0.2, 0) is 11.2 Å². The van der Waals surface area contributed by atoms with Gasteiger partial charge in [-0.2, -0.15) is 5.10 Å². The molecule has 1 heterocycles. The van der Waals surface area contributed by atoms with Crippen LogP contribution in [0.4, 0.5) is 10.6 Å². The van der Waals surface area contributed by atoms with Crippen LogP contribution < -0.4 is 5.32 Å². The fraction of sp³-hybridized carbons (Fsp3) is 0.556. The lowest BCUT2D eigenvalue weighted by Crippen LogP contribution is -2.18. The summed E-state index contributed by atoms with van der Waals surface area (Å²) >= 11 is 0. The topological polar surface area (TPSA) is 67.0 Å². The first-order chi connectivity index (χ1) is 6.61. The largest absolute Gasteiger partial charge is 0.447 e. The number of amides is 1. The molecule has 5 heteroatoms. The van der Waals surface area contributed by atoms with E-state index < -0.39 is 6.09 Å². The molecular formula is C9H15N3O2. The van der Waals surface area contributed by atoms with Crippen molar-refractivity contribution >= 4 is 11.9 Å². The van der Waals surface area contributed by atoms with Crippen LogP contribution in [0.5, 0.6) is 0 Å². The maximum Gasteiger partial charge on any atom is 0.413 e. The van der Waals surface area contributed by atoms with E-state index in [1.807, 2.05) is 6.92 Å². The predicted octanol–water partition coefficient (Wildman–Crippen LogP) is 1.93. The molecule has 0 aliphatic carbocycles. The molecule has 5 nitrogen and oxygen atoms in total. The summed E-state index contributed by atoms with van der Waals surface area (Å²) in [7, 11) is 0. The second-order valence-corrected chi connectivity index (χ2v) is 3.21. The zero-order valence-electron chi connectivity index (χ0n) is 8.63. The van der Waals surface area contributed by atoms with Crippen LogP contribution in [-0.4, -0.2) is 22.4 Å². The lowest BCUT2D eigenvalue weighted by molar-refractivity contribution is 0.130. The molecule has 0 spiro atoms. The molecule has 0 saturated carbocycles. The Morgan fingerprint density at radius 3 is 2.93 bits per heavy atom. The molecule has 0 fully saturated rings. The lowest BCUT2D eigenvalue weighted by Gasteiger charge is -2.06. The third kappa shape index (κ3) is 3.08. The first-order valence-electron chi connectivity index (χ1n) is 4.63. The number of carbonyl (C=O) groups is 1. The fourth-order valence-corrected chi connectivity index (χ4v) is 0.955. The highest BCUT2D eigenvalue weighted by Crippen LogP contribution is 2.06. The van der Waals surface area contributed by atoms with Crippen molar-refractivity contribution in [2.45, 2.75) is 33.3 Å². The van der Waals surface area contributed by atoms with Crippen LogP contribution in [0.25, 0.3) is 0 Å². The van der Waals surface area contributed by atoms with Crippen LogP contribution in [0.3, 0.4) is 0 Å². The van der Waals surface area contributed by atoms with E-state index in [4.69, 9.17) is 4.74 Å². The van der Waals surface area contributed by atoms with Crippen LogP contribution in [0.15, 0.2) is 6.07 Å². The van der Waals surface area contributed by atoms with Gasteiger partial charge in [0.05, 0.1) is 6.10 Å². The minimum Gasteiger partial charge on any atom is -0.447 e. The molecule has 0 unspecified atom stereocenters. The van der Waals surface area contributed by atoms with Crippen molar-refractivity contribution in [1.82, 2.24) is 10.2 Å². The van der Waals surface area contributed by atoms with E-state index in [0.717, 1.165) is 12.1 Å². The second-order valence-electron chi connectivity index (χ2n) is 3.21. The Balaban J connectivity index is 2.47. The number of anilines is 1. The van der Waals surface area contributed by atoms with Gasteiger partial charge < -0.3 is 4.74 Å². The molecule has 1 rings (SSSR count). The Bertz CT molecular complexity index is 307. The first-order valence-corrected chi connectivity index (χ1v) is 4.63. The molecule has 1 aromatic heterocycles. The highest BCUT2D eigenvalue weighted by atomic mass is 16.6. The molecule has 0 atom stereocenters. The third-order valence-corrected chi connectivity index (χ3v) is 1.58. The van der Waals surface area contributed by atoms with Gasteiger partial charge in [0.1, 0.15) is 0 Å². The van der Waals surface area contributed by atoms with Gasteiger partial charge in [0.25, 0.3) is 0 Å². The molecule has 2 N–H and O–H groups in total. The molecule has 0 aliphatic rings. The smallest absolute Gasteiger partial charge is 0.413 e. The number of rotatable bonds is 3. The summed E-state index contributed by atoms with van der Waals surface area (Å²) in [5, 5.41) is 9.22. The van der Waals surface area contributed by atoms with E-state index in [-0.39, 0.29) is 6.10 Å². The van der Waals surface area contributed by atoms with E-state index in [1.54, 1.807) is 19.9 Å². The maximum atomic E-state index is 11.1. The molecule has 0 bridgehead atoms. The Kier molecular flexibility index (Phi) is 3.50. The highest BCUT2D eigenvalue weighted by molar-refractivity contribution is 5.83. The third-order valence-electron chi connectivity index (χ3n) is 1.58. The van der Waals surface area contributed by atoms with E-state index in [0.29, 0.717) is 5.82 Å². The average Bonchev–Trinajstić information content (AvgIpc) is 2.50. The summed E-state index contributed by atoms with van der Waals surface area (Å²) in [6.07, 6.45) is 0.252. The second kappa shape index (κ2) is 4.64. The molecular weight excluding hydrogens is 182 g/mol. The minimum absolute atomic E-state index is 0.125. The van der Waals surface area contributed by atoms with Gasteiger partial charge >= 0.3 is 6.09 Å². The van der Waals surface area contributed by atoms with Crippen molar-refractivity contribution in [3.8, 4) is 0 Å². The van der Waals surface area contributed by atoms with Gasteiger partial charge in [-0.3, -0.25) is 10.4 Å². The summed E-state index contributed by atoms with van der Waals surface area (Å²) in [6.45, 7) is 5.59. The van der Waals surface area contributed by atoms with Crippen molar-refractivity contribution in [2.75, 3.05) is 5.32 Å². The molecule has 14 heavy (non-hydrogen) atoms. The molecule has 0 saturated heterocycles. The molecule has 1 amide bonds. The Labute approximate surface area is 82.8 Å². The number of H-pyrrole nitrogens is 1. The summed E-state index contributed by atoms with van der Waals surface area (Å²) in [5.74, 6) is 0.493. The first kappa shape index (κ1) is 10.6. The van der Waals surface area contributed by atoms with Gasteiger partial charge in [-0.1, -0.05) is 6.92 Å². The van der Waals surface area contributed by atoms with Crippen molar-refractivity contribution in [3.05, 3.63) is 11.8 Å². The van der Waals surface area contributed by atoms with Gasteiger partial charge in [-0.15, -0.1) is 0 Å². The zero-order chi connectivity index (χ0) is 10.6. The fourth-order valence-electron chi connectivity index (χ4n) is 0.955. The van der Waals surface area contributed by atoms with E-state index in [9.17, 15) is 4.79 Å². The average molecular weight is 197 g/mol. The van der Waals surface area contributed by atoms with Crippen molar-refractivity contribution in [1.29, 1.82) is 0 Å². The van der Waals surface area contributed by atoms with E-state index in [1.165, 1.54) is 0 Å².